The van der Waals surface area contributed by atoms with Crippen molar-refractivity contribution in [3.8, 4) is 11.6 Å². The lowest BCUT2D eigenvalue weighted by Gasteiger charge is -2.17. The fourth-order valence-corrected chi connectivity index (χ4v) is 1.63. The third-order valence-corrected chi connectivity index (χ3v) is 2.52. The third-order valence-electron chi connectivity index (χ3n) is 2.52. The number of pyridine rings is 1. The Morgan fingerprint density at radius 2 is 2.25 bits per heavy atom. The normalized spacial score (nSPS) is 12.8. The summed E-state index contributed by atoms with van der Waals surface area (Å²) in [4.78, 5) is 16.0. The summed E-state index contributed by atoms with van der Waals surface area (Å²) in [6.45, 7) is 7.91. The van der Waals surface area contributed by atoms with Gasteiger partial charge in [0.25, 0.3) is 11.8 Å². The molecule has 0 radical (unpaired) electrons. The van der Waals surface area contributed by atoms with E-state index in [1.807, 2.05) is 6.92 Å². The maximum atomic E-state index is 11.9. The molecule has 0 spiro atoms. The van der Waals surface area contributed by atoms with Gasteiger partial charge in [0.2, 0.25) is 0 Å². The van der Waals surface area contributed by atoms with Gasteiger partial charge in [-0.15, -0.1) is 0 Å². The zero-order valence-electron chi connectivity index (χ0n) is 11.5. The van der Waals surface area contributed by atoms with Crippen molar-refractivity contribution in [2.45, 2.75) is 6.92 Å². The molecule has 0 fully saturated rings. The molecule has 0 atom stereocenters. The molecule has 0 bridgehead atoms. The molecule has 0 aliphatic carbocycles. The number of fused-ring (bicyclic) bond motifs is 1. The highest BCUT2D eigenvalue weighted by atomic mass is 16.6. The quantitative estimate of drug-likeness (QED) is 0.625. The molecule has 1 aliphatic rings. The number of aromatic nitrogens is 1. The smallest absolute Gasteiger partial charge is 0.270 e. The number of ether oxygens (including phenoxy) is 3. The minimum absolute atomic E-state index is 0.263. The second kappa shape index (κ2) is 6.91. The van der Waals surface area contributed by atoms with Crippen molar-refractivity contribution in [3.05, 3.63) is 30.0 Å². The molecule has 0 saturated heterocycles. The van der Waals surface area contributed by atoms with Gasteiger partial charge in [-0.2, -0.15) is 0 Å². The zero-order valence-corrected chi connectivity index (χ0v) is 11.5. The first-order valence-electron chi connectivity index (χ1n) is 6.44. The van der Waals surface area contributed by atoms with Crippen molar-refractivity contribution in [3.63, 3.8) is 0 Å². The molecule has 1 N–H and O–H groups in total. The van der Waals surface area contributed by atoms with Crippen LogP contribution < -0.4 is 14.8 Å². The van der Waals surface area contributed by atoms with Gasteiger partial charge in [-0.3, -0.25) is 4.79 Å². The standard InChI is InChI=1S/C14H18N2O4/c1-10(2)9-18-6-5-15-13(17)11-3-4-12-14(16-11)20-8-7-19-12/h3-4H,1,5-9H2,2H3,(H,15,17). The van der Waals surface area contributed by atoms with E-state index in [1.165, 1.54) is 0 Å². The van der Waals surface area contributed by atoms with Gasteiger partial charge in [-0.05, 0) is 19.1 Å². The van der Waals surface area contributed by atoms with Crippen molar-refractivity contribution in [2.75, 3.05) is 33.0 Å². The fraction of sp³-hybridized carbons (Fsp3) is 0.429. The van der Waals surface area contributed by atoms with Crippen LogP contribution in [0.1, 0.15) is 17.4 Å². The minimum atomic E-state index is -0.263. The monoisotopic (exact) mass is 278 g/mol. The van der Waals surface area contributed by atoms with E-state index in [9.17, 15) is 4.79 Å². The number of hydrogen-bond donors (Lipinski definition) is 1. The summed E-state index contributed by atoms with van der Waals surface area (Å²) in [5.41, 5.74) is 1.25. The number of carbonyl (C=O) groups is 1. The largest absolute Gasteiger partial charge is 0.484 e. The molecular formula is C14H18N2O4. The van der Waals surface area contributed by atoms with Gasteiger partial charge in [0.05, 0.1) is 13.2 Å². The van der Waals surface area contributed by atoms with Gasteiger partial charge in [0.1, 0.15) is 18.9 Å². The number of rotatable bonds is 6. The van der Waals surface area contributed by atoms with Crippen molar-refractivity contribution in [1.29, 1.82) is 0 Å². The Labute approximate surface area is 117 Å². The lowest BCUT2D eigenvalue weighted by atomic mass is 10.3. The summed E-state index contributed by atoms with van der Waals surface area (Å²) < 4.78 is 16.0. The van der Waals surface area contributed by atoms with Crippen LogP contribution in [0.5, 0.6) is 11.6 Å². The number of hydrogen-bond acceptors (Lipinski definition) is 5. The van der Waals surface area contributed by atoms with Gasteiger partial charge in [-0.1, -0.05) is 12.2 Å². The van der Waals surface area contributed by atoms with Gasteiger partial charge in [0, 0.05) is 6.54 Å². The summed E-state index contributed by atoms with van der Waals surface area (Å²) in [7, 11) is 0. The highest BCUT2D eigenvalue weighted by molar-refractivity contribution is 5.92. The van der Waals surface area contributed by atoms with Crippen LogP contribution in [0.25, 0.3) is 0 Å². The average molecular weight is 278 g/mol. The lowest BCUT2D eigenvalue weighted by molar-refractivity contribution is 0.0918. The molecule has 0 aromatic carbocycles. The topological polar surface area (TPSA) is 69.7 Å². The fourth-order valence-electron chi connectivity index (χ4n) is 1.63. The van der Waals surface area contributed by atoms with Crippen molar-refractivity contribution < 1.29 is 19.0 Å². The molecule has 0 unspecified atom stereocenters. The lowest BCUT2D eigenvalue weighted by Crippen LogP contribution is -2.28. The van der Waals surface area contributed by atoms with E-state index in [1.54, 1.807) is 12.1 Å². The van der Waals surface area contributed by atoms with Crippen LogP contribution >= 0.6 is 0 Å². The van der Waals surface area contributed by atoms with Crippen LogP contribution in [-0.4, -0.2) is 43.9 Å². The van der Waals surface area contributed by atoms with Crippen molar-refractivity contribution in [2.24, 2.45) is 0 Å². The maximum Gasteiger partial charge on any atom is 0.270 e. The molecule has 6 nitrogen and oxygen atoms in total. The molecular weight excluding hydrogens is 260 g/mol. The summed E-state index contributed by atoms with van der Waals surface area (Å²) in [6.07, 6.45) is 0. The third kappa shape index (κ3) is 3.96. The summed E-state index contributed by atoms with van der Waals surface area (Å²) in [6, 6.07) is 3.30. The van der Waals surface area contributed by atoms with E-state index < -0.39 is 0 Å². The van der Waals surface area contributed by atoms with Crippen LogP contribution in [0.4, 0.5) is 0 Å². The Bertz CT molecular complexity index is 502. The Morgan fingerprint density at radius 3 is 3.05 bits per heavy atom. The molecule has 1 aromatic rings. The molecule has 1 aromatic heterocycles. The van der Waals surface area contributed by atoms with Gasteiger partial charge in [-0.25, -0.2) is 4.98 Å². The van der Waals surface area contributed by atoms with E-state index in [0.29, 0.717) is 50.3 Å². The Morgan fingerprint density at radius 1 is 1.45 bits per heavy atom. The van der Waals surface area contributed by atoms with E-state index in [0.717, 1.165) is 5.57 Å². The molecule has 2 heterocycles. The van der Waals surface area contributed by atoms with Crippen LogP contribution in [0.2, 0.25) is 0 Å². The SMILES string of the molecule is C=C(C)COCCNC(=O)c1ccc2c(n1)OCCO2. The van der Waals surface area contributed by atoms with Crippen LogP contribution in [-0.2, 0) is 4.74 Å². The molecule has 20 heavy (non-hydrogen) atoms. The molecule has 0 saturated carbocycles. The predicted octanol–water partition coefficient (Wildman–Crippen LogP) is 1.18. The molecule has 1 amide bonds. The summed E-state index contributed by atoms with van der Waals surface area (Å²) >= 11 is 0. The summed E-state index contributed by atoms with van der Waals surface area (Å²) in [5, 5.41) is 2.73. The van der Waals surface area contributed by atoms with Gasteiger partial charge >= 0.3 is 0 Å². The number of carbonyl (C=O) groups excluding carboxylic acids is 1. The average Bonchev–Trinajstić information content (AvgIpc) is 2.46. The number of nitrogens with zero attached hydrogens (tertiary/aromatic N) is 1. The Kier molecular flexibility index (Phi) is 4.95. The predicted molar refractivity (Wildman–Crippen MR) is 73.2 cm³/mol. The van der Waals surface area contributed by atoms with E-state index in [4.69, 9.17) is 14.2 Å². The Hall–Kier alpha value is -2.08. The van der Waals surface area contributed by atoms with E-state index >= 15 is 0 Å². The van der Waals surface area contributed by atoms with Crippen LogP contribution in [0, 0.1) is 0 Å². The first-order chi connectivity index (χ1) is 9.66. The van der Waals surface area contributed by atoms with Crippen LogP contribution in [0.15, 0.2) is 24.3 Å². The minimum Gasteiger partial charge on any atom is -0.484 e. The molecule has 2 rings (SSSR count). The first-order valence-corrected chi connectivity index (χ1v) is 6.44. The highest BCUT2D eigenvalue weighted by Gasteiger charge is 2.16. The van der Waals surface area contributed by atoms with E-state index in [2.05, 4.69) is 16.9 Å². The van der Waals surface area contributed by atoms with Crippen LogP contribution in [0.3, 0.4) is 0 Å². The van der Waals surface area contributed by atoms with E-state index in [-0.39, 0.29) is 5.91 Å². The second-order valence-corrected chi connectivity index (χ2v) is 4.46. The Balaban J connectivity index is 1.82. The highest BCUT2D eigenvalue weighted by Crippen LogP contribution is 2.27. The van der Waals surface area contributed by atoms with Gasteiger partial charge in [0.15, 0.2) is 5.75 Å². The molecule has 1 aliphatic heterocycles. The zero-order chi connectivity index (χ0) is 14.4. The second-order valence-electron chi connectivity index (χ2n) is 4.46. The van der Waals surface area contributed by atoms with Gasteiger partial charge < -0.3 is 19.5 Å². The maximum absolute atomic E-state index is 11.9. The first kappa shape index (κ1) is 14.3. The summed E-state index contributed by atoms with van der Waals surface area (Å²) in [5.74, 6) is 0.668. The van der Waals surface area contributed by atoms with Crippen molar-refractivity contribution >= 4 is 5.91 Å². The number of amides is 1. The molecule has 6 heteroatoms. The molecule has 108 valence electrons. The number of nitrogens with one attached hydrogen (secondary N) is 1. The van der Waals surface area contributed by atoms with Crippen molar-refractivity contribution in [1.82, 2.24) is 10.3 Å².